The summed E-state index contributed by atoms with van der Waals surface area (Å²) in [5.74, 6) is 0.193. The molecule has 19 heavy (non-hydrogen) atoms. The summed E-state index contributed by atoms with van der Waals surface area (Å²) in [4.78, 5) is 3.87. The highest BCUT2D eigenvalue weighted by Gasteiger charge is 2.30. The van der Waals surface area contributed by atoms with Gasteiger partial charge in [0.1, 0.15) is 5.82 Å². The van der Waals surface area contributed by atoms with Gasteiger partial charge in [0, 0.05) is 31.5 Å². The summed E-state index contributed by atoms with van der Waals surface area (Å²) in [6.45, 7) is 2.23. The fourth-order valence-electron chi connectivity index (χ4n) is 1.71. The first-order valence-corrected chi connectivity index (χ1v) is 5.62. The van der Waals surface area contributed by atoms with E-state index in [0.29, 0.717) is 6.54 Å². The maximum Gasteiger partial charge on any atom is 0.416 e. The summed E-state index contributed by atoms with van der Waals surface area (Å²) < 4.78 is 39.2. The topological polar surface area (TPSA) is 42.7 Å². The van der Waals surface area contributed by atoms with Gasteiger partial charge in [-0.05, 0) is 19.1 Å². The largest absolute Gasteiger partial charge is 0.416 e. The normalized spacial score (nSPS) is 11.6. The van der Waals surface area contributed by atoms with Crippen LogP contribution in [0.4, 0.5) is 19.0 Å². The second-order valence-corrected chi connectivity index (χ2v) is 4.19. The Balaban J connectivity index is 2.10. The molecule has 102 valence electrons. The zero-order valence-corrected chi connectivity index (χ0v) is 10.5. The Labute approximate surface area is 108 Å². The Bertz CT molecular complexity index is 575. The lowest BCUT2D eigenvalue weighted by molar-refractivity contribution is -0.137. The summed E-state index contributed by atoms with van der Waals surface area (Å²) in [5.41, 5.74) is 1.04. The second kappa shape index (κ2) is 4.91. The Hall–Kier alpha value is -2.05. The molecule has 7 heteroatoms. The molecule has 2 aromatic rings. The third-order valence-corrected chi connectivity index (χ3v) is 2.66. The number of nitrogens with zero attached hydrogens (tertiary/aromatic N) is 3. The second-order valence-electron chi connectivity index (χ2n) is 4.19. The molecule has 2 heterocycles. The van der Waals surface area contributed by atoms with E-state index >= 15 is 0 Å². The van der Waals surface area contributed by atoms with Gasteiger partial charge in [0.05, 0.1) is 11.3 Å². The van der Waals surface area contributed by atoms with Crippen molar-refractivity contribution in [3.63, 3.8) is 0 Å². The Morgan fingerprint density at radius 3 is 2.68 bits per heavy atom. The molecule has 0 bridgehead atoms. The van der Waals surface area contributed by atoms with E-state index in [1.54, 1.807) is 11.7 Å². The zero-order chi connectivity index (χ0) is 14.0. The number of anilines is 1. The molecule has 1 N–H and O–H groups in total. The fraction of sp³-hybridized carbons (Fsp3) is 0.333. The van der Waals surface area contributed by atoms with Gasteiger partial charge in [-0.25, -0.2) is 4.98 Å². The summed E-state index contributed by atoms with van der Waals surface area (Å²) >= 11 is 0. The molecule has 0 spiro atoms. The molecule has 2 aromatic heterocycles. The van der Waals surface area contributed by atoms with Gasteiger partial charge in [-0.2, -0.15) is 18.3 Å². The first kappa shape index (κ1) is 13.4. The van der Waals surface area contributed by atoms with Crippen molar-refractivity contribution in [3.05, 3.63) is 41.3 Å². The van der Waals surface area contributed by atoms with Gasteiger partial charge in [0.2, 0.25) is 0 Å². The highest BCUT2D eigenvalue weighted by molar-refractivity contribution is 5.39. The third kappa shape index (κ3) is 3.24. The van der Waals surface area contributed by atoms with E-state index in [0.717, 1.165) is 29.6 Å². The lowest BCUT2D eigenvalue weighted by atomic mass is 10.2. The quantitative estimate of drug-likeness (QED) is 0.932. The van der Waals surface area contributed by atoms with E-state index in [2.05, 4.69) is 15.4 Å². The van der Waals surface area contributed by atoms with Gasteiger partial charge in [-0.3, -0.25) is 4.68 Å². The first-order chi connectivity index (χ1) is 8.86. The van der Waals surface area contributed by atoms with Crippen molar-refractivity contribution in [3.8, 4) is 0 Å². The average molecular weight is 270 g/mol. The smallest absolute Gasteiger partial charge is 0.366 e. The summed E-state index contributed by atoms with van der Waals surface area (Å²) in [6.07, 6.45) is -1.40. The molecule has 0 fully saturated rings. The molecule has 2 rings (SSSR count). The number of halogens is 3. The predicted octanol–water partition coefficient (Wildman–Crippen LogP) is 2.75. The van der Waals surface area contributed by atoms with Crippen molar-refractivity contribution in [1.82, 2.24) is 14.8 Å². The molecule has 0 unspecified atom stereocenters. The Kier molecular flexibility index (Phi) is 3.46. The van der Waals surface area contributed by atoms with Crippen LogP contribution in [-0.2, 0) is 19.8 Å². The van der Waals surface area contributed by atoms with E-state index in [1.807, 2.05) is 13.1 Å². The van der Waals surface area contributed by atoms with Crippen LogP contribution in [-0.4, -0.2) is 14.8 Å². The minimum absolute atomic E-state index is 0.193. The highest BCUT2D eigenvalue weighted by Crippen LogP contribution is 2.29. The third-order valence-electron chi connectivity index (χ3n) is 2.66. The van der Waals surface area contributed by atoms with Crippen LogP contribution in [0.1, 0.15) is 16.8 Å². The standard InChI is InChI=1S/C12H13F3N4/c1-8-9(7-19(2)18-8)6-17-11-5-10(3-4-16-11)12(13,14)15/h3-5,7H,6H2,1-2H3,(H,16,17). The van der Waals surface area contributed by atoms with E-state index in [-0.39, 0.29) is 5.82 Å². The molecule has 0 amide bonds. The molecular formula is C12H13F3N4. The summed E-state index contributed by atoms with van der Waals surface area (Å²) in [7, 11) is 1.79. The number of aromatic nitrogens is 3. The van der Waals surface area contributed by atoms with Crippen molar-refractivity contribution >= 4 is 5.82 Å². The summed E-state index contributed by atoms with van der Waals surface area (Å²) in [5, 5.41) is 7.02. The molecule has 0 aliphatic heterocycles. The van der Waals surface area contributed by atoms with Gasteiger partial charge in [-0.1, -0.05) is 0 Å². The van der Waals surface area contributed by atoms with Crippen molar-refractivity contribution in [1.29, 1.82) is 0 Å². The molecule has 0 saturated heterocycles. The molecule has 0 aliphatic rings. The number of nitrogens with one attached hydrogen (secondary N) is 1. The number of aryl methyl sites for hydroxylation is 2. The van der Waals surface area contributed by atoms with Gasteiger partial charge in [0.25, 0.3) is 0 Å². The van der Waals surface area contributed by atoms with Crippen molar-refractivity contribution in [2.75, 3.05) is 5.32 Å². The molecule has 0 atom stereocenters. The number of alkyl halides is 3. The monoisotopic (exact) mass is 270 g/mol. The van der Waals surface area contributed by atoms with E-state index < -0.39 is 11.7 Å². The minimum atomic E-state index is -4.36. The molecule has 0 saturated carbocycles. The number of pyridine rings is 1. The van der Waals surface area contributed by atoms with Crippen LogP contribution in [0.2, 0.25) is 0 Å². The van der Waals surface area contributed by atoms with Crippen LogP contribution < -0.4 is 5.32 Å². The van der Waals surface area contributed by atoms with Gasteiger partial charge >= 0.3 is 6.18 Å². The summed E-state index contributed by atoms with van der Waals surface area (Å²) in [6, 6.07) is 1.94. The highest BCUT2D eigenvalue weighted by atomic mass is 19.4. The molecule has 0 aliphatic carbocycles. The van der Waals surface area contributed by atoms with Crippen molar-refractivity contribution < 1.29 is 13.2 Å². The van der Waals surface area contributed by atoms with Crippen LogP contribution in [0.25, 0.3) is 0 Å². The van der Waals surface area contributed by atoms with Crippen LogP contribution in [0, 0.1) is 6.92 Å². The van der Waals surface area contributed by atoms with Crippen LogP contribution in [0.5, 0.6) is 0 Å². The van der Waals surface area contributed by atoms with Gasteiger partial charge in [0.15, 0.2) is 0 Å². The lowest BCUT2D eigenvalue weighted by Crippen LogP contribution is -2.07. The number of hydrogen-bond acceptors (Lipinski definition) is 3. The fourth-order valence-corrected chi connectivity index (χ4v) is 1.71. The zero-order valence-electron chi connectivity index (χ0n) is 10.5. The van der Waals surface area contributed by atoms with Crippen molar-refractivity contribution in [2.24, 2.45) is 7.05 Å². The van der Waals surface area contributed by atoms with E-state index in [9.17, 15) is 13.2 Å². The Morgan fingerprint density at radius 2 is 2.11 bits per heavy atom. The molecule has 0 radical (unpaired) electrons. The van der Waals surface area contributed by atoms with Crippen molar-refractivity contribution in [2.45, 2.75) is 19.6 Å². The average Bonchev–Trinajstić information content (AvgIpc) is 2.64. The van der Waals surface area contributed by atoms with E-state index in [4.69, 9.17) is 0 Å². The SMILES string of the molecule is Cc1nn(C)cc1CNc1cc(C(F)(F)F)ccn1. The first-order valence-electron chi connectivity index (χ1n) is 5.62. The van der Waals surface area contributed by atoms with Gasteiger partial charge in [-0.15, -0.1) is 0 Å². The van der Waals surface area contributed by atoms with Crippen LogP contribution >= 0.6 is 0 Å². The molecular weight excluding hydrogens is 257 g/mol. The number of hydrogen-bond donors (Lipinski definition) is 1. The minimum Gasteiger partial charge on any atom is -0.366 e. The predicted molar refractivity (Wildman–Crippen MR) is 64.5 cm³/mol. The lowest BCUT2D eigenvalue weighted by Gasteiger charge is -2.09. The molecule has 0 aromatic carbocycles. The maximum absolute atomic E-state index is 12.5. The maximum atomic E-state index is 12.5. The van der Waals surface area contributed by atoms with E-state index in [1.165, 1.54) is 0 Å². The molecule has 4 nitrogen and oxygen atoms in total. The number of rotatable bonds is 3. The Morgan fingerprint density at radius 1 is 1.37 bits per heavy atom. The van der Waals surface area contributed by atoms with Gasteiger partial charge < -0.3 is 5.32 Å². The van der Waals surface area contributed by atoms with Crippen LogP contribution in [0.15, 0.2) is 24.5 Å². The van der Waals surface area contributed by atoms with Crippen LogP contribution in [0.3, 0.4) is 0 Å².